The van der Waals surface area contributed by atoms with Crippen molar-refractivity contribution in [3.8, 4) is 6.07 Å². The van der Waals surface area contributed by atoms with E-state index >= 15 is 0 Å². The van der Waals surface area contributed by atoms with Crippen LogP contribution >= 0.6 is 11.8 Å². The maximum Gasteiger partial charge on any atom is 0.288 e. The lowest BCUT2D eigenvalue weighted by molar-refractivity contribution is -0.385. The van der Waals surface area contributed by atoms with Crippen LogP contribution in [0.2, 0.25) is 0 Å². The zero-order valence-corrected chi connectivity index (χ0v) is 10.1. The maximum atomic E-state index is 10.8. The van der Waals surface area contributed by atoms with Gasteiger partial charge in [-0.05, 0) is 23.9 Å². The lowest BCUT2D eigenvalue weighted by Crippen LogP contribution is -1.94. The van der Waals surface area contributed by atoms with Crippen molar-refractivity contribution in [3.63, 3.8) is 0 Å². The molecule has 7 nitrogen and oxygen atoms in total. The van der Waals surface area contributed by atoms with Crippen LogP contribution in [-0.4, -0.2) is 19.7 Å². The van der Waals surface area contributed by atoms with Crippen molar-refractivity contribution in [3.05, 3.63) is 40.2 Å². The standard InChI is InChI=1S/C10H7N5O2S/c1-14-10(12-6-13-14)18-8-3-2-7(5-11)9(4-8)15(16)17/h2-4,6H,1H3. The van der Waals surface area contributed by atoms with Gasteiger partial charge < -0.3 is 0 Å². The third-order valence-corrected chi connectivity index (χ3v) is 3.21. The molecule has 0 bridgehead atoms. The predicted octanol–water partition coefficient (Wildman–Crippen LogP) is 1.75. The molecule has 0 amide bonds. The maximum absolute atomic E-state index is 10.8. The Morgan fingerprint density at radius 2 is 2.33 bits per heavy atom. The van der Waals surface area contributed by atoms with Crippen LogP contribution in [0, 0.1) is 21.4 Å². The highest BCUT2D eigenvalue weighted by Crippen LogP contribution is 2.29. The molecule has 8 heteroatoms. The lowest BCUT2D eigenvalue weighted by Gasteiger charge is -2.01. The molecule has 1 heterocycles. The predicted molar refractivity (Wildman–Crippen MR) is 62.9 cm³/mol. The summed E-state index contributed by atoms with van der Waals surface area (Å²) in [7, 11) is 1.73. The monoisotopic (exact) mass is 261 g/mol. The van der Waals surface area contributed by atoms with Crippen LogP contribution in [-0.2, 0) is 7.05 Å². The molecule has 0 N–H and O–H groups in total. The first-order valence-electron chi connectivity index (χ1n) is 4.82. The van der Waals surface area contributed by atoms with Gasteiger partial charge in [0.15, 0.2) is 5.16 Å². The number of benzene rings is 1. The van der Waals surface area contributed by atoms with Gasteiger partial charge >= 0.3 is 0 Å². The molecule has 0 saturated carbocycles. The summed E-state index contributed by atoms with van der Waals surface area (Å²) in [6, 6.07) is 6.22. The number of aromatic nitrogens is 3. The summed E-state index contributed by atoms with van der Waals surface area (Å²) < 4.78 is 1.56. The zero-order valence-electron chi connectivity index (χ0n) is 9.27. The molecule has 0 aliphatic rings. The minimum Gasteiger partial charge on any atom is -0.258 e. The van der Waals surface area contributed by atoms with Crippen LogP contribution in [0.4, 0.5) is 5.69 Å². The van der Waals surface area contributed by atoms with Gasteiger partial charge in [0.2, 0.25) is 0 Å². The average molecular weight is 261 g/mol. The van der Waals surface area contributed by atoms with E-state index in [0.29, 0.717) is 10.1 Å². The van der Waals surface area contributed by atoms with E-state index in [-0.39, 0.29) is 11.3 Å². The van der Waals surface area contributed by atoms with Crippen molar-refractivity contribution in [2.24, 2.45) is 7.05 Å². The zero-order chi connectivity index (χ0) is 13.1. The van der Waals surface area contributed by atoms with Crippen LogP contribution in [0.3, 0.4) is 0 Å². The molecule has 2 rings (SSSR count). The van der Waals surface area contributed by atoms with E-state index in [4.69, 9.17) is 5.26 Å². The third-order valence-electron chi connectivity index (χ3n) is 2.17. The van der Waals surface area contributed by atoms with Gasteiger partial charge in [0.05, 0.1) is 4.92 Å². The van der Waals surface area contributed by atoms with E-state index in [0.717, 1.165) is 0 Å². The first kappa shape index (κ1) is 12.1. The van der Waals surface area contributed by atoms with Gasteiger partial charge in [-0.2, -0.15) is 10.4 Å². The number of rotatable bonds is 3. The van der Waals surface area contributed by atoms with E-state index in [2.05, 4.69) is 10.1 Å². The van der Waals surface area contributed by atoms with E-state index in [1.54, 1.807) is 23.9 Å². The molecule has 18 heavy (non-hydrogen) atoms. The highest BCUT2D eigenvalue weighted by Gasteiger charge is 2.15. The second kappa shape index (κ2) is 4.85. The molecule has 0 aliphatic carbocycles. The summed E-state index contributed by atoms with van der Waals surface area (Å²) >= 11 is 1.25. The van der Waals surface area contributed by atoms with Gasteiger partial charge in [0, 0.05) is 18.0 Å². The Bertz CT molecular complexity index is 646. The smallest absolute Gasteiger partial charge is 0.258 e. The van der Waals surface area contributed by atoms with Gasteiger partial charge in [0.1, 0.15) is 18.0 Å². The Hall–Kier alpha value is -2.40. The molecule has 1 aromatic carbocycles. The summed E-state index contributed by atoms with van der Waals surface area (Å²) in [5, 5.41) is 24.1. The van der Waals surface area contributed by atoms with Crippen LogP contribution in [0.5, 0.6) is 0 Å². The largest absolute Gasteiger partial charge is 0.288 e. The normalized spacial score (nSPS) is 10.0. The van der Waals surface area contributed by atoms with Gasteiger partial charge in [-0.15, -0.1) is 0 Å². The van der Waals surface area contributed by atoms with E-state index < -0.39 is 4.92 Å². The van der Waals surface area contributed by atoms with Crippen LogP contribution in [0.15, 0.2) is 34.6 Å². The molecule has 0 atom stereocenters. The highest BCUT2D eigenvalue weighted by molar-refractivity contribution is 7.99. The molecule has 1 aromatic heterocycles. The highest BCUT2D eigenvalue weighted by atomic mass is 32.2. The van der Waals surface area contributed by atoms with Crippen molar-refractivity contribution >= 4 is 17.4 Å². The molecule has 0 spiro atoms. The molecule has 0 fully saturated rings. The van der Waals surface area contributed by atoms with E-state index in [9.17, 15) is 10.1 Å². The third kappa shape index (κ3) is 2.31. The fraction of sp³-hybridized carbons (Fsp3) is 0.100. The number of nitro benzene ring substituents is 1. The SMILES string of the molecule is Cn1ncnc1Sc1ccc(C#N)c([N+](=O)[O-])c1. The Kier molecular flexibility index (Phi) is 3.25. The molecular weight excluding hydrogens is 254 g/mol. The van der Waals surface area contributed by atoms with Crippen LogP contribution in [0.25, 0.3) is 0 Å². The Morgan fingerprint density at radius 1 is 1.56 bits per heavy atom. The summed E-state index contributed by atoms with van der Waals surface area (Å²) in [6.07, 6.45) is 1.40. The number of hydrogen-bond donors (Lipinski definition) is 0. The molecular formula is C10H7N5O2S. The van der Waals surface area contributed by atoms with Gasteiger partial charge in [-0.25, -0.2) is 9.67 Å². The fourth-order valence-electron chi connectivity index (χ4n) is 1.30. The number of nitriles is 1. The Balaban J connectivity index is 2.36. The molecule has 0 radical (unpaired) electrons. The van der Waals surface area contributed by atoms with Gasteiger partial charge in [-0.1, -0.05) is 0 Å². The molecule has 90 valence electrons. The minimum atomic E-state index is -0.570. The second-order valence-electron chi connectivity index (χ2n) is 3.32. The van der Waals surface area contributed by atoms with E-state index in [1.807, 2.05) is 0 Å². The van der Waals surface area contributed by atoms with Crippen LogP contribution < -0.4 is 0 Å². The fourth-order valence-corrected chi connectivity index (χ4v) is 2.10. The number of aryl methyl sites for hydroxylation is 1. The molecule has 0 unspecified atom stereocenters. The Morgan fingerprint density at radius 3 is 2.89 bits per heavy atom. The number of nitrogens with zero attached hydrogens (tertiary/aromatic N) is 5. The first-order chi connectivity index (χ1) is 8.61. The second-order valence-corrected chi connectivity index (χ2v) is 4.36. The minimum absolute atomic E-state index is 0.0438. The summed E-state index contributed by atoms with van der Waals surface area (Å²) in [5.41, 5.74) is -0.160. The van der Waals surface area contributed by atoms with E-state index in [1.165, 1.54) is 30.2 Å². The van der Waals surface area contributed by atoms with Crippen molar-refractivity contribution in [2.45, 2.75) is 10.1 Å². The topological polar surface area (TPSA) is 97.6 Å². The number of nitro groups is 1. The first-order valence-corrected chi connectivity index (χ1v) is 5.64. The molecule has 2 aromatic rings. The van der Waals surface area contributed by atoms with Crippen molar-refractivity contribution in [1.29, 1.82) is 5.26 Å². The van der Waals surface area contributed by atoms with Gasteiger partial charge in [-0.3, -0.25) is 10.1 Å². The molecule has 0 aliphatic heterocycles. The molecule has 0 saturated heterocycles. The van der Waals surface area contributed by atoms with Crippen molar-refractivity contribution in [1.82, 2.24) is 14.8 Å². The average Bonchev–Trinajstić information content (AvgIpc) is 2.75. The summed E-state index contributed by atoms with van der Waals surface area (Å²) in [5.74, 6) is 0. The van der Waals surface area contributed by atoms with Gasteiger partial charge in [0.25, 0.3) is 5.69 Å². The van der Waals surface area contributed by atoms with Crippen molar-refractivity contribution in [2.75, 3.05) is 0 Å². The van der Waals surface area contributed by atoms with Crippen molar-refractivity contribution < 1.29 is 4.92 Å². The number of hydrogen-bond acceptors (Lipinski definition) is 6. The quantitative estimate of drug-likeness (QED) is 0.616. The summed E-state index contributed by atoms with van der Waals surface area (Å²) in [6.45, 7) is 0. The Labute approximate surface area is 106 Å². The lowest BCUT2D eigenvalue weighted by atomic mass is 10.2. The van der Waals surface area contributed by atoms with Crippen LogP contribution in [0.1, 0.15) is 5.56 Å². The summed E-state index contributed by atoms with van der Waals surface area (Å²) in [4.78, 5) is 14.9.